The number of carbonyl (C=O) groups is 1. The van der Waals surface area contributed by atoms with Crippen LogP contribution in [-0.2, 0) is 4.79 Å². The molecule has 0 saturated heterocycles. The molecule has 0 saturated carbocycles. The van der Waals surface area contributed by atoms with Crippen LogP contribution in [0.15, 0.2) is 24.3 Å². The zero-order valence-electron chi connectivity index (χ0n) is 7.25. The van der Waals surface area contributed by atoms with Crippen LogP contribution in [0.1, 0.15) is 11.1 Å². The summed E-state index contributed by atoms with van der Waals surface area (Å²) in [7, 11) is 0. The summed E-state index contributed by atoms with van der Waals surface area (Å²) in [5.41, 5.74) is 6.48. The molecule has 0 radical (unpaired) electrons. The van der Waals surface area contributed by atoms with E-state index in [2.05, 4.69) is 0 Å². The fourth-order valence-corrected chi connectivity index (χ4v) is 0.963. The number of hydrogen-bond acceptors (Lipinski definition) is 1. The predicted molar refractivity (Wildman–Crippen MR) is 49.4 cm³/mol. The maximum Gasteiger partial charge on any atom is 0.241 e. The maximum absolute atomic E-state index is 12.7. The van der Waals surface area contributed by atoms with Crippen molar-refractivity contribution in [3.8, 4) is 0 Å². The highest BCUT2D eigenvalue weighted by molar-refractivity contribution is 5.90. The molecule has 2 nitrogen and oxygen atoms in total. The molecule has 3 heteroatoms. The van der Waals surface area contributed by atoms with Crippen molar-refractivity contribution in [1.29, 1.82) is 0 Å². The predicted octanol–water partition coefficient (Wildman–Crippen LogP) is 1.63. The average Bonchev–Trinajstić information content (AvgIpc) is 2.06. The zero-order valence-corrected chi connectivity index (χ0v) is 7.25. The summed E-state index contributed by atoms with van der Waals surface area (Å²) in [6.07, 6.45) is 2.71. The van der Waals surface area contributed by atoms with Gasteiger partial charge in [0.15, 0.2) is 0 Å². The molecule has 0 spiro atoms. The number of primary amides is 1. The van der Waals surface area contributed by atoms with Gasteiger partial charge in [-0.3, -0.25) is 4.79 Å². The van der Waals surface area contributed by atoms with Crippen molar-refractivity contribution in [3.05, 3.63) is 41.2 Å². The first kappa shape index (κ1) is 9.45. The zero-order chi connectivity index (χ0) is 9.84. The van der Waals surface area contributed by atoms with Crippen LogP contribution < -0.4 is 5.73 Å². The lowest BCUT2D eigenvalue weighted by molar-refractivity contribution is -0.113. The Morgan fingerprint density at radius 2 is 2.23 bits per heavy atom. The topological polar surface area (TPSA) is 43.1 Å². The number of benzene rings is 1. The molecule has 68 valence electrons. The lowest BCUT2D eigenvalue weighted by atomic mass is 10.1. The van der Waals surface area contributed by atoms with Gasteiger partial charge in [0.1, 0.15) is 5.82 Å². The molecular formula is C10H10FNO. The molecule has 0 unspecified atom stereocenters. The summed E-state index contributed by atoms with van der Waals surface area (Å²) < 4.78 is 12.7. The third kappa shape index (κ3) is 2.71. The normalized spacial score (nSPS) is 10.6. The van der Waals surface area contributed by atoms with Gasteiger partial charge >= 0.3 is 0 Å². The van der Waals surface area contributed by atoms with Gasteiger partial charge in [-0.2, -0.15) is 0 Å². The number of amides is 1. The van der Waals surface area contributed by atoms with Crippen LogP contribution in [0, 0.1) is 12.7 Å². The van der Waals surface area contributed by atoms with E-state index in [1.165, 1.54) is 24.3 Å². The van der Waals surface area contributed by atoms with Gasteiger partial charge in [-0.25, -0.2) is 4.39 Å². The lowest BCUT2D eigenvalue weighted by Crippen LogP contribution is -2.05. The molecule has 0 atom stereocenters. The molecule has 1 amide bonds. The molecule has 2 N–H and O–H groups in total. The maximum atomic E-state index is 12.7. The van der Waals surface area contributed by atoms with Crippen LogP contribution in [0.5, 0.6) is 0 Å². The monoisotopic (exact) mass is 179 g/mol. The summed E-state index contributed by atoms with van der Waals surface area (Å²) in [4.78, 5) is 10.4. The second kappa shape index (κ2) is 3.85. The van der Waals surface area contributed by atoms with Gasteiger partial charge in [-0.15, -0.1) is 0 Å². The first-order chi connectivity index (χ1) is 6.09. The minimum Gasteiger partial charge on any atom is -0.366 e. The van der Waals surface area contributed by atoms with Gasteiger partial charge in [-0.05, 0) is 36.3 Å². The van der Waals surface area contributed by atoms with Crippen LogP contribution >= 0.6 is 0 Å². The van der Waals surface area contributed by atoms with Crippen molar-refractivity contribution >= 4 is 12.0 Å². The standard InChI is InChI=1S/C10H10FNO/c1-7-2-4-9(11)6-8(7)3-5-10(12)13/h2-6H,1H3,(H2,12,13)/b5-3-. The molecule has 0 aliphatic rings. The molecule has 0 aromatic heterocycles. The quantitative estimate of drug-likeness (QED) is 0.689. The fraction of sp³-hybridized carbons (Fsp3) is 0.100. The Bertz CT molecular complexity index is 358. The van der Waals surface area contributed by atoms with E-state index in [-0.39, 0.29) is 5.82 Å². The average molecular weight is 179 g/mol. The van der Waals surface area contributed by atoms with Crippen molar-refractivity contribution in [3.63, 3.8) is 0 Å². The van der Waals surface area contributed by atoms with Crippen molar-refractivity contribution in [2.45, 2.75) is 6.92 Å². The Morgan fingerprint density at radius 1 is 1.54 bits per heavy atom. The molecular weight excluding hydrogens is 169 g/mol. The Hall–Kier alpha value is -1.64. The Labute approximate surface area is 75.9 Å². The van der Waals surface area contributed by atoms with Crippen LogP contribution in [0.4, 0.5) is 4.39 Å². The molecule has 1 aromatic carbocycles. The van der Waals surface area contributed by atoms with E-state index in [0.717, 1.165) is 5.56 Å². The second-order valence-electron chi connectivity index (χ2n) is 2.74. The molecule has 0 aliphatic heterocycles. The fourth-order valence-electron chi connectivity index (χ4n) is 0.963. The summed E-state index contributed by atoms with van der Waals surface area (Å²) >= 11 is 0. The third-order valence-electron chi connectivity index (χ3n) is 1.67. The third-order valence-corrected chi connectivity index (χ3v) is 1.67. The van der Waals surface area contributed by atoms with E-state index < -0.39 is 5.91 Å². The van der Waals surface area contributed by atoms with Crippen molar-refractivity contribution in [1.82, 2.24) is 0 Å². The first-order valence-electron chi connectivity index (χ1n) is 3.83. The van der Waals surface area contributed by atoms with Gasteiger partial charge in [0, 0.05) is 6.08 Å². The smallest absolute Gasteiger partial charge is 0.241 e. The molecule has 0 bridgehead atoms. The highest BCUT2D eigenvalue weighted by atomic mass is 19.1. The van der Waals surface area contributed by atoms with Gasteiger partial charge < -0.3 is 5.73 Å². The lowest BCUT2D eigenvalue weighted by Gasteiger charge is -1.98. The Balaban J connectivity index is 3.00. The summed E-state index contributed by atoms with van der Waals surface area (Å²) in [5.74, 6) is -0.863. The summed E-state index contributed by atoms with van der Waals surface area (Å²) in [5, 5.41) is 0. The minimum absolute atomic E-state index is 0.324. The van der Waals surface area contributed by atoms with Crippen molar-refractivity contribution in [2.75, 3.05) is 0 Å². The first-order valence-corrected chi connectivity index (χ1v) is 3.83. The van der Waals surface area contributed by atoms with Crippen molar-refractivity contribution in [2.24, 2.45) is 5.73 Å². The number of carbonyl (C=O) groups excluding carboxylic acids is 1. The second-order valence-corrected chi connectivity index (χ2v) is 2.74. The SMILES string of the molecule is Cc1ccc(F)cc1/C=C\C(N)=O. The molecule has 13 heavy (non-hydrogen) atoms. The van der Waals surface area contributed by atoms with Gasteiger partial charge in [0.05, 0.1) is 0 Å². The van der Waals surface area contributed by atoms with E-state index in [4.69, 9.17) is 5.73 Å². The number of rotatable bonds is 2. The summed E-state index contributed by atoms with van der Waals surface area (Å²) in [6, 6.07) is 4.38. The number of halogens is 1. The van der Waals surface area contributed by atoms with Gasteiger partial charge in [-0.1, -0.05) is 6.07 Å². The molecule has 0 heterocycles. The van der Waals surface area contributed by atoms with E-state index in [1.807, 2.05) is 6.92 Å². The van der Waals surface area contributed by atoms with E-state index in [1.54, 1.807) is 6.07 Å². The van der Waals surface area contributed by atoms with Crippen LogP contribution in [0.2, 0.25) is 0 Å². The molecule has 1 aromatic rings. The highest BCUT2D eigenvalue weighted by Gasteiger charge is 1.96. The highest BCUT2D eigenvalue weighted by Crippen LogP contribution is 2.11. The molecule has 1 rings (SSSR count). The molecule has 0 fully saturated rings. The van der Waals surface area contributed by atoms with Gasteiger partial charge in [0.25, 0.3) is 0 Å². The van der Waals surface area contributed by atoms with E-state index in [0.29, 0.717) is 5.56 Å². The Morgan fingerprint density at radius 3 is 2.85 bits per heavy atom. The van der Waals surface area contributed by atoms with Crippen LogP contribution in [-0.4, -0.2) is 5.91 Å². The van der Waals surface area contributed by atoms with Crippen LogP contribution in [0.25, 0.3) is 6.08 Å². The van der Waals surface area contributed by atoms with Gasteiger partial charge in [0.2, 0.25) is 5.91 Å². The van der Waals surface area contributed by atoms with E-state index in [9.17, 15) is 9.18 Å². The van der Waals surface area contributed by atoms with E-state index >= 15 is 0 Å². The Kier molecular flexibility index (Phi) is 2.80. The minimum atomic E-state index is -0.538. The van der Waals surface area contributed by atoms with Crippen LogP contribution in [0.3, 0.4) is 0 Å². The molecule has 0 aliphatic carbocycles. The number of hydrogen-bond donors (Lipinski definition) is 1. The van der Waals surface area contributed by atoms with Crippen molar-refractivity contribution < 1.29 is 9.18 Å². The number of aryl methyl sites for hydroxylation is 1. The number of nitrogens with two attached hydrogens (primary N) is 1. The largest absolute Gasteiger partial charge is 0.366 e. The summed E-state index contributed by atoms with van der Waals surface area (Å²) in [6.45, 7) is 1.83.